The summed E-state index contributed by atoms with van der Waals surface area (Å²) in [5.41, 5.74) is 0. The Hall–Kier alpha value is -0.0475. The summed E-state index contributed by atoms with van der Waals surface area (Å²) >= 11 is 5.49. The molecule has 0 bridgehead atoms. The van der Waals surface area contributed by atoms with Crippen molar-refractivity contribution in [3.63, 3.8) is 0 Å². The first-order chi connectivity index (χ1) is 5.00. The van der Waals surface area contributed by atoms with Crippen molar-refractivity contribution in [2.45, 2.75) is 4.90 Å². The molecule has 0 atom stereocenters. The predicted octanol–water partition coefficient (Wildman–Crippen LogP) is 0.403. The second-order valence-electron chi connectivity index (χ2n) is 1.93. The van der Waals surface area contributed by atoms with E-state index in [0.717, 1.165) is 0 Å². The molecule has 0 spiro atoms. The molecular formula is C6H8AlClO3S. The lowest BCUT2D eigenvalue weighted by atomic mass is 10.4. The zero-order valence-electron chi connectivity index (χ0n) is 5.36. The normalized spacial score (nSPS) is 10.5. The van der Waals surface area contributed by atoms with E-state index in [2.05, 4.69) is 0 Å². The molecule has 0 aliphatic carbocycles. The van der Waals surface area contributed by atoms with Crippen LogP contribution in [-0.2, 0) is 10.1 Å². The van der Waals surface area contributed by atoms with Crippen LogP contribution in [0.2, 0.25) is 5.02 Å². The second-order valence-corrected chi connectivity index (χ2v) is 3.79. The standard InChI is InChI=1S/C6H5ClO3S.Al.3H/c7-5-1-3-6(4-2-5)11(8,9)10;;;;/h1-4H,(H,8,9,10);;;;. The molecule has 0 aliphatic heterocycles. The Labute approximate surface area is 86.2 Å². The van der Waals surface area contributed by atoms with Crippen molar-refractivity contribution in [1.82, 2.24) is 0 Å². The van der Waals surface area contributed by atoms with Gasteiger partial charge in [0.25, 0.3) is 10.1 Å². The van der Waals surface area contributed by atoms with E-state index >= 15 is 0 Å². The SMILES string of the molecule is O=S(=O)(O)c1ccc(Cl)cc1.[AlH3]. The summed E-state index contributed by atoms with van der Waals surface area (Å²) in [5, 5.41) is 0.428. The van der Waals surface area contributed by atoms with Crippen LogP contribution >= 0.6 is 11.6 Å². The molecular weight excluding hydrogens is 215 g/mol. The van der Waals surface area contributed by atoms with E-state index < -0.39 is 10.1 Å². The molecule has 66 valence electrons. The fraction of sp³-hybridized carbons (Fsp3) is 0. The number of halogens is 1. The van der Waals surface area contributed by atoms with Crippen molar-refractivity contribution in [3.05, 3.63) is 29.3 Å². The maximum atomic E-state index is 10.5. The second kappa shape index (κ2) is 4.26. The van der Waals surface area contributed by atoms with Gasteiger partial charge in [-0.2, -0.15) is 8.42 Å². The molecule has 0 saturated carbocycles. The first-order valence-corrected chi connectivity index (χ1v) is 4.55. The molecule has 12 heavy (non-hydrogen) atoms. The van der Waals surface area contributed by atoms with E-state index in [-0.39, 0.29) is 22.3 Å². The lowest BCUT2D eigenvalue weighted by Crippen LogP contribution is -1.96. The van der Waals surface area contributed by atoms with Gasteiger partial charge >= 0.3 is 0 Å². The van der Waals surface area contributed by atoms with Gasteiger partial charge in [0.2, 0.25) is 0 Å². The molecule has 0 fully saturated rings. The van der Waals surface area contributed by atoms with Gasteiger partial charge in [0.05, 0.1) is 4.90 Å². The fourth-order valence-corrected chi connectivity index (χ4v) is 1.21. The van der Waals surface area contributed by atoms with Gasteiger partial charge in [0.15, 0.2) is 17.4 Å². The Kier molecular flexibility index (Phi) is 4.25. The van der Waals surface area contributed by atoms with Gasteiger partial charge in [-0.1, -0.05) is 11.6 Å². The summed E-state index contributed by atoms with van der Waals surface area (Å²) in [6.45, 7) is 0. The van der Waals surface area contributed by atoms with Crippen LogP contribution in [0, 0.1) is 0 Å². The van der Waals surface area contributed by atoms with E-state index in [1.165, 1.54) is 24.3 Å². The molecule has 0 aromatic heterocycles. The maximum Gasteiger partial charge on any atom is 0.294 e. The van der Waals surface area contributed by atoms with Crippen LogP contribution < -0.4 is 0 Å². The minimum atomic E-state index is -4.08. The van der Waals surface area contributed by atoms with Crippen molar-refractivity contribution in [1.29, 1.82) is 0 Å². The number of hydrogen-bond donors (Lipinski definition) is 1. The van der Waals surface area contributed by atoms with Crippen molar-refractivity contribution < 1.29 is 13.0 Å². The van der Waals surface area contributed by atoms with Gasteiger partial charge in [0, 0.05) is 5.02 Å². The van der Waals surface area contributed by atoms with Crippen molar-refractivity contribution in [2.24, 2.45) is 0 Å². The molecule has 0 unspecified atom stereocenters. The summed E-state index contributed by atoms with van der Waals surface area (Å²) < 4.78 is 29.4. The molecule has 0 saturated heterocycles. The zero-order chi connectivity index (χ0) is 8.48. The van der Waals surface area contributed by atoms with E-state index in [1.807, 2.05) is 0 Å². The zero-order valence-corrected chi connectivity index (χ0v) is 6.93. The van der Waals surface area contributed by atoms with Crippen LogP contribution in [0.3, 0.4) is 0 Å². The molecule has 3 nitrogen and oxygen atoms in total. The van der Waals surface area contributed by atoms with Crippen molar-refractivity contribution in [3.8, 4) is 0 Å². The Balaban J connectivity index is 0.00000121. The van der Waals surface area contributed by atoms with Gasteiger partial charge in [-0.15, -0.1) is 0 Å². The minimum absolute atomic E-state index is 0. The highest BCUT2D eigenvalue weighted by molar-refractivity contribution is 7.85. The Morgan fingerprint density at radius 1 is 1.17 bits per heavy atom. The van der Waals surface area contributed by atoms with Gasteiger partial charge < -0.3 is 0 Å². The summed E-state index contributed by atoms with van der Waals surface area (Å²) in [6, 6.07) is 5.25. The number of hydrogen-bond acceptors (Lipinski definition) is 2. The highest BCUT2D eigenvalue weighted by Crippen LogP contribution is 2.12. The molecule has 0 aliphatic rings. The first kappa shape index (κ1) is 12.0. The van der Waals surface area contributed by atoms with Gasteiger partial charge in [-0.05, 0) is 24.3 Å². The smallest absolute Gasteiger partial charge is 0.282 e. The predicted molar refractivity (Wildman–Crippen MR) is 51.2 cm³/mol. The monoisotopic (exact) mass is 222 g/mol. The van der Waals surface area contributed by atoms with Gasteiger partial charge in [0.1, 0.15) is 0 Å². The van der Waals surface area contributed by atoms with Gasteiger partial charge in [-0.3, -0.25) is 4.55 Å². The third kappa shape index (κ3) is 3.13. The van der Waals surface area contributed by atoms with Crippen molar-refractivity contribution in [2.75, 3.05) is 0 Å². The number of benzene rings is 1. The number of rotatable bonds is 1. The third-order valence-electron chi connectivity index (χ3n) is 1.11. The summed E-state index contributed by atoms with van der Waals surface area (Å²) in [5.74, 6) is 0. The highest BCUT2D eigenvalue weighted by Gasteiger charge is 2.07. The van der Waals surface area contributed by atoms with Gasteiger partial charge in [-0.25, -0.2) is 0 Å². The van der Waals surface area contributed by atoms with E-state index in [0.29, 0.717) is 5.02 Å². The van der Waals surface area contributed by atoms with E-state index in [9.17, 15) is 8.42 Å². The Morgan fingerprint density at radius 3 is 1.92 bits per heavy atom. The largest absolute Gasteiger partial charge is 0.294 e. The van der Waals surface area contributed by atoms with Crippen LogP contribution in [0.15, 0.2) is 29.2 Å². The molecule has 1 rings (SSSR count). The molecule has 0 radical (unpaired) electrons. The average Bonchev–Trinajstić information content (AvgIpc) is 1.86. The highest BCUT2D eigenvalue weighted by atomic mass is 35.5. The van der Waals surface area contributed by atoms with Crippen molar-refractivity contribution >= 4 is 39.1 Å². The van der Waals surface area contributed by atoms with E-state index in [4.69, 9.17) is 16.2 Å². The average molecular weight is 223 g/mol. The lowest BCUT2D eigenvalue weighted by Gasteiger charge is -1.94. The summed E-state index contributed by atoms with van der Waals surface area (Å²) in [6.07, 6.45) is 0. The van der Waals surface area contributed by atoms with Crippen LogP contribution in [-0.4, -0.2) is 30.3 Å². The third-order valence-corrected chi connectivity index (χ3v) is 2.23. The fourth-order valence-electron chi connectivity index (χ4n) is 0.607. The molecule has 0 amide bonds. The summed E-state index contributed by atoms with van der Waals surface area (Å²) in [7, 11) is -4.08. The molecule has 1 aromatic rings. The first-order valence-electron chi connectivity index (χ1n) is 2.73. The molecule has 1 N–H and O–H groups in total. The summed E-state index contributed by atoms with van der Waals surface area (Å²) in [4.78, 5) is -0.151. The molecule has 0 heterocycles. The quantitative estimate of drug-likeness (QED) is 0.553. The Morgan fingerprint density at radius 2 is 1.58 bits per heavy atom. The Bertz CT molecular complexity index is 346. The molecule has 6 heteroatoms. The van der Waals surface area contributed by atoms with Crippen LogP contribution in [0.25, 0.3) is 0 Å². The lowest BCUT2D eigenvalue weighted by molar-refractivity contribution is 0.483. The van der Waals surface area contributed by atoms with Crippen LogP contribution in [0.4, 0.5) is 0 Å². The van der Waals surface area contributed by atoms with E-state index in [1.54, 1.807) is 0 Å². The minimum Gasteiger partial charge on any atom is -0.282 e. The van der Waals surface area contributed by atoms with Crippen LogP contribution in [0.1, 0.15) is 0 Å². The molecule has 1 aromatic carbocycles. The maximum absolute atomic E-state index is 10.5. The van der Waals surface area contributed by atoms with Crippen LogP contribution in [0.5, 0.6) is 0 Å². The topological polar surface area (TPSA) is 54.4 Å².